The molecule has 2 aromatic heterocycles. The molecule has 2 rings (SSSR count). The molecule has 5 heteroatoms. The number of likely N-dealkylation sites (N-methyl/N-ethyl adjacent to an activating group) is 1. The zero-order chi connectivity index (χ0) is 12.3. The van der Waals surface area contributed by atoms with E-state index in [0.29, 0.717) is 0 Å². The summed E-state index contributed by atoms with van der Waals surface area (Å²) in [7, 11) is 1.96. The Balaban J connectivity index is 2.35. The van der Waals surface area contributed by atoms with Crippen LogP contribution in [0.2, 0.25) is 0 Å². The number of rotatable bonds is 4. The summed E-state index contributed by atoms with van der Waals surface area (Å²) in [5.74, 6) is 0.788. The average Bonchev–Trinajstić information content (AvgIpc) is 2.81. The van der Waals surface area contributed by atoms with Gasteiger partial charge < -0.3 is 5.32 Å². The number of aryl methyl sites for hydroxylation is 2. The molecule has 0 amide bonds. The van der Waals surface area contributed by atoms with Crippen LogP contribution < -0.4 is 5.32 Å². The van der Waals surface area contributed by atoms with Gasteiger partial charge in [0.05, 0.1) is 10.4 Å². The smallest absolute Gasteiger partial charge is 0.171 e. The number of hydrogen-bond donors (Lipinski definition) is 1. The van der Waals surface area contributed by atoms with Crippen molar-refractivity contribution in [2.24, 2.45) is 0 Å². The van der Waals surface area contributed by atoms with Crippen molar-refractivity contribution in [3.8, 4) is 10.7 Å². The van der Waals surface area contributed by atoms with Crippen LogP contribution in [0.4, 0.5) is 0 Å². The van der Waals surface area contributed by atoms with Crippen molar-refractivity contribution < 1.29 is 0 Å². The number of nitrogens with zero attached hydrogens (tertiary/aromatic N) is 3. The van der Waals surface area contributed by atoms with E-state index in [1.807, 2.05) is 27.1 Å². The van der Waals surface area contributed by atoms with Crippen molar-refractivity contribution >= 4 is 11.3 Å². The van der Waals surface area contributed by atoms with Crippen molar-refractivity contribution in [2.75, 3.05) is 13.6 Å². The van der Waals surface area contributed by atoms with Crippen LogP contribution in [0.5, 0.6) is 0 Å². The minimum absolute atomic E-state index is 0.788. The van der Waals surface area contributed by atoms with Gasteiger partial charge in [0, 0.05) is 17.6 Å². The quantitative estimate of drug-likeness (QED) is 0.899. The zero-order valence-corrected chi connectivity index (χ0v) is 11.1. The van der Waals surface area contributed by atoms with E-state index in [0.717, 1.165) is 35.1 Å². The maximum absolute atomic E-state index is 4.56. The van der Waals surface area contributed by atoms with E-state index in [-0.39, 0.29) is 0 Å². The van der Waals surface area contributed by atoms with E-state index in [1.54, 1.807) is 16.8 Å². The Kier molecular flexibility index (Phi) is 3.81. The fourth-order valence-corrected chi connectivity index (χ4v) is 2.34. The topological polar surface area (TPSA) is 50.7 Å². The van der Waals surface area contributed by atoms with Crippen LogP contribution in [0, 0.1) is 13.8 Å². The van der Waals surface area contributed by atoms with Crippen LogP contribution in [-0.4, -0.2) is 28.5 Å². The van der Waals surface area contributed by atoms with Crippen LogP contribution in [0.3, 0.4) is 0 Å². The van der Waals surface area contributed by atoms with Gasteiger partial charge in [-0.05, 0) is 39.4 Å². The molecule has 0 aliphatic heterocycles. The lowest BCUT2D eigenvalue weighted by atomic mass is 10.1. The third-order valence-electron chi connectivity index (χ3n) is 2.70. The standard InChI is InChI=1S/C12H16N4S/c1-8-10(4-5-13-3)9(2)16-12(15-8)11-6-14-7-17-11/h6-7,13H,4-5H2,1-3H3. The molecule has 4 nitrogen and oxygen atoms in total. The van der Waals surface area contributed by atoms with E-state index in [1.165, 1.54) is 5.56 Å². The Labute approximate surface area is 105 Å². The minimum atomic E-state index is 0.788. The summed E-state index contributed by atoms with van der Waals surface area (Å²) in [6.07, 6.45) is 2.78. The summed E-state index contributed by atoms with van der Waals surface area (Å²) < 4.78 is 0. The molecule has 0 unspecified atom stereocenters. The van der Waals surface area contributed by atoms with Crippen LogP contribution in [0.25, 0.3) is 10.7 Å². The first kappa shape index (κ1) is 12.1. The average molecular weight is 248 g/mol. The number of hydrogen-bond acceptors (Lipinski definition) is 5. The Hall–Kier alpha value is -1.33. The molecule has 2 aromatic rings. The molecule has 2 heterocycles. The van der Waals surface area contributed by atoms with Gasteiger partial charge in [0.15, 0.2) is 5.82 Å². The summed E-state index contributed by atoms with van der Waals surface area (Å²) in [6, 6.07) is 0. The van der Waals surface area contributed by atoms with Gasteiger partial charge in [-0.25, -0.2) is 9.97 Å². The molecule has 0 atom stereocenters. The monoisotopic (exact) mass is 248 g/mol. The van der Waals surface area contributed by atoms with Crippen molar-refractivity contribution in [3.05, 3.63) is 28.7 Å². The number of nitrogens with one attached hydrogen (secondary N) is 1. The summed E-state index contributed by atoms with van der Waals surface area (Å²) in [4.78, 5) is 14.2. The molecule has 0 spiro atoms. The van der Waals surface area contributed by atoms with Crippen molar-refractivity contribution in [2.45, 2.75) is 20.3 Å². The van der Waals surface area contributed by atoms with Gasteiger partial charge in [-0.2, -0.15) is 0 Å². The third-order valence-corrected chi connectivity index (χ3v) is 3.47. The lowest BCUT2D eigenvalue weighted by Crippen LogP contribution is -2.13. The third kappa shape index (κ3) is 2.68. The Morgan fingerprint density at radius 3 is 2.47 bits per heavy atom. The molecule has 0 fully saturated rings. The second-order valence-corrected chi connectivity index (χ2v) is 4.80. The van der Waals surface area contributed by atoms with E-state index in [2.05, 4.69) is 20.3 Å². The fourth-order valence-electron chi connectivity index (χ4n) is 1.79. The lowest BCUT2D eigenvalue weighted by molar-refractivity contribution is 0.774. The van der Waals surface area contributed by atoms with Crippen LogP contribution >= 0.6 is 11.3 Å². The SMILES string of the molecule is CNCCc1c(C)nc(-c2cncs2)nc1C. The predicted molar refractivity (Wildman–Crippen MR) is 70.2 cm³/mol. The highest BCUT2D eigenvalue weighted by atomic mass is 32.1. The minimum Gasteiger partial charge on any atom is -0.319 e. The summed E-state index contributed by atoms with van der Waals surface area (Å²) in [5.41, 5.74) is 5.18. The van der Waals surface area contributed by atoms with E-state index < -0.39 is 0 Å². The van der Waals surface area contributed by atoms with Crippen molar-refractivity contribution in [3.63, 3.8) is 0 Å². The summed E-state index contributed by atoms with van der Waals surface area (Å²) in [6.45, 7) is 5.04. The maximum atomic E-state index is 4.56. The lowest BCUT2D eigenvalue weighted by Gasteiger charge is -2.09. The molecule has 17 heavy (non-hydrogen) atoms. The van der Waals surface area contributed by atoms with Crippen LogP contribution in [0.15, 0.2) is 11.7 Å². The van der Waals surface area contributed by atoms with Gasteiger partial charge in [0.1, 0.15) is 0 Å². The Morgan fingerprint density at radius 1 is 1.24 bits per heavy atom. The van der Waals surface area contributed by atoms with Gasteiger partial charge in [-0.15, -0.1) is 11.3 Å². The van der Waals surface area contributed by atoms with Crippen LogP contribution in [0.1, 0.15) is 17.0 Å². The molecular formula is C12H16N4S. The highest BCUT2D eigenvalue weighted by molar-refractivity contribution is 7.13. The largest absolute Gasteiger partial charge is 0.319 e. The molecule has 90 valence electrons. The molecule has 0 aliphatic carbocycles. The van der Waals surface area contributed by atoms with Gasteiger partial charge in [0.25, 0.3) is 0 Å². The molecule has 0 saturated carbocycles. The van der Waals surface area contributed by atoms with Crippen molar-refractivity contribution in [1.29, 1.82) is 0 Å². The van der Waals surface area contributed by atoms with Gasteiger partial charge in [-0.1, -0.05) is 0 Å². The van der Waals surface area contributed by atoms with E-state index in [9.17, 15) is 0 Å². The van der Waals surface area contributed by atoms with Crippen molar-refractivity contribution in [1.82, 2.24) is 20.3 Å². The molecule has 0 aromatic carbocycles. The fraction of sp³-hybridized carbons (Fsp3) is 0.417. The molecular weight excluding hydrogens is 232 g/mol. The molecule has 0 bridgehead atoms. The van der Waals surface area contributed by atoms with Gasteiger partial charge in [0.2, 0.25) is 0 Å². The Morgan fingerprint density at radius 2 is 1.94 bits per heavy atom. The number of aromatic nitrogens is 3. The van der Waals surface area contributed by atoms with Gasteiger partial charge in [-0.3, -0.25) is 4.98 Å². The van der Waals surface area contributed by atoms with E-state index in [4.69, 9.17) is 0 Å². The first-order valence-corrected chi connectivity index (χ1v) is 6.48. The molecule has 0 saturated heterocycles. The summed E-state index contributed by atoms with van der Waals surface area (Å²) in [5, 5.41) is 3.15. The number of thiazole rings is 1. The first-order chi connectivity index (χ1) is 8.22. The maximum Gasteiger partial charge on any atom is 0.171 e. The van der Waals surface area contributed by atoms with Gasteiger partial charge >= 0.3 is 0 Å². The zero-order valence-electron chi connectivity index (χ0n) is 10.3. The first-order valence-electron chi connectivity index (χ1n) is 5.60. The predicted octanol–water partition coefficient (Wildman–Crippen LogP) is 1.98. The van der Waals surface area contributed by atoms with Crippen LogP contribution in [-0.2, 0) is 6.42 Å². The normalized spacial score (nSPS) is 10.8. The second-order valence-electron chi connectivity index (χ2n) is 3.92. The Bertz CT molecular complexity index is 470. The molecule has 0 aliphatic rings. The van der Waals surface area contributed by atoms with E-state index >= 15 is 0 Å². The summed E-state index contributed by atoms with van der Waals surface area (Å²) >= 11 is 1.57. The molecule has 0 radical (unpaired) electrons. The second kappa shape index (κ2) is 5.33. The highest BCUT2D eigenvalue weighted by Crippen LogP contribution is 2.21. The molecule has 1 N–H and O–H groups in total. The highest BCUT2D eigenvalue weighted by Gasteiger charge is 2.10.